The van der Waals surface area contributed by atoms with E-state index in [1.54, 1.807) is 6.20 Å². The molecule has 1 aromatic carbocycles. The molecule has 34 heavy (non-hydrogen) atoms. The van der Waals surface area contributed by atoms with Gasteiger partial charge in [-0.1, -0.05) is 48.6 Å². The standard InChI is InChI=1S/C25H22N6O2S/c26-34(32,33)22-12-14-27-16-20(22)24-30-21-11-6-10-19(17-7-2-1-3-8-17)23(21)25(31-24)29-15-18-9-4-5-13-28-18/h1-14,16,19,23H,15H2,(H2,26,32,33)(H,29,30,31). The summed E-state index contributed by atoms with van der Waals surface area (Å²) in [6, 6.07) is 17.2. The van der Waals surface area contributed by atoms with Gasteiger partial charge in [0, 0.05) is 30.2 Å². The zero-order chi connectivity index (χ0) is 23.5. The molecular weight excluding hydrogens is 448 g/mol. The summed E-state index contributed by atoms with van der Waals surface area (Å²) >= 11 is 0. The number of benzene rings is 1. The molecule has 2 atom stereocenters. The summed E-state index contributed by atoms with van der Waals surface area (Å²) in [5.74, 6) is 0.747. The van der Waals surface area contributed by atoms with Crippen molar-refractivity contribution < 1.29 is 8.42 Å². The maximum atomic E-state index is 12.2. The molecule has 170 valence electrons. The predicted molar refractivity (Wildman–Crippen MR) is 131 cm³/mol. The number of fused-ring (bicyclic) bond motifs is 1. The Morgan fingerprint density at radius 2 is 1.85 bits per heavy atom. The molecule has 0 amide bonds. The highest BCUT2D eigenvalue weighted by Gasteiger charge is 2.36. The van der Waals surface area contributed by atoms with Crippen molar-refractivity contribution in [3.63, 3.8) is 0 Å². The second-order valence-electron chi connectivity index (χ2n) is 7.92. The zero-order valence-electron chi connectivity index (χ0n) is 18.1. The molecule has 0 saturated heterocycles. The van der Waals surface area contributed by atoms with E-state index in [1.165, 1.54) is 18.5 Å². The summed E-state index contributed by atoms with van der Waals surface area (Å²) in [6.45, 7) is 0.344. The van der Waals surface area contributed by atoms with Crippen LogP contribution >= 0.6 is 0 Å². The van der Waals surface area contributed by atoms with Crippen LogP contribution in [0.5, 0.6) is 0 Å². The van der Waals surface area contributed by atoms with Crippen LogP contribution in [0, 0.1) is 5.92 Å². The van der Waals surface area contributed by atoms with Gasteiger partial charge in [0.05, 0.1) is 28.6 Å². The predicted octanol–water partition coefficient (Wildman–Crippen LogP) is 2.93. The lowest BCUT2D eigenvalue weighted by Gasteiger charge is -2.34. The van der Waals surface area contributed by atoms with E-state index in [9.17, 15) is 8.42 Å². The fourth-order valence-electron chi connectivity index (χ4n) is 4.16. The highest BCUT2D eigenvalue weighted by molar-refractivity contribution is 7.89. The Hall–Kier alpha value is -3.95. The smallest absolute Gasteiger partial charge is 0.238 e. The van der Waals surface area contributed by atoms with E-state index in [0.717, 1.165) is 17.0 Å². The number of amidine groups is 2. The van der Waals surface area contributed by atoms with Gasteiger partial charge in [0.2, 0.25) is 10.0 Å². The molecule has 3 N–H and O–H groups in total. The van der Waals surface area contributed by atoms with Gasteiger partial charge in [0.1, 0.15) is 11.7 Å². The van der Waals surface area contributed by atoms with Gasteiger partial charge in [-0.05, 0) is 29.8 Å². The molecule has 0 radical (unpaired) electrons. The zero-order valence-corrected chi connectivity index (χ0v) is 18.9. The van der Waals surface area contributed by atoms with Gasteiger partial charge >= 0.3 is 0 Å². The number of aromatic nitrogens is 2. The first kappa shape index (κ1) is 21.9. The number of primary sulfonamides is 1. The summed E-state index contributed by atoms with van der Waals surface area (Å²) in [7, 11) is -3.98. The lowest BCUT2D eigenvalue weighted by Crippen LogP contribution is -2.41. The molecule has 1 aliphatic carbocycles. The van der Waals surface area contributed by atoms with Crippen LogP contribution in [-0.4, -0.2) is 30.1 Å². The van der Waals surface area contributed by atoms with E-state index in [2.05, 4.69) is 33.5 Å². The largest absolute Gasteiger partial charge is 0.342 e. The molecule has 3 aromatic rings. The third kappa shape index (κ3) is 4.43. The van der Waals surface area contributed by atoms with Gasteiger partial charge in [-0.3, -0.25) is 15.0 Å². The van der Waals surface area contributed by atoms with E-state index in [-0.39, 0.29) is 16.7 Å². The first-order valence-electron chi connectivity index (χ1n) is 10.7. The summed E-state index contributed by atoms with van der Waals surface area (Å²) in [5, 5.41) is 8.78. The van der Waals surface area contributed by atoms with E-state index in [0.29, 0.717) is 23.8 Å². The topological polar surface area (TPSA) is 123 Å². The fourth-order valence-corrected chi connectivity index (χ4v) is 4.86. The number of allylic oxidation sites excluding steroid dienone is 3. The van der Waals surface area contributed by atoms with Crippen LogP contribution in [0.4, 0.5) is 0 Å². The first-order chi connectivity index (χ1) is 16.5. The van der Waals surface area contributed by atoms with Gasteiger partial charge in [-0.25, -0.2) is 18.5 Å². The van der Waals surface area contributed by atoms with Crippen molar-refractivity contribution in [3.8, 4) is 0 Å². The molecule has 2 aromatic heterocycles. The van der Waals surface area contributed by atoms with Crippen LogP contribution in [-0.2, 0) is 16.6 Å². The van der Waals surface area contributed by atoms with Crippen LogP contribution in [0.1, 0.15) is 22.7 Å². The van der Waals surface area contributed by atoms with Crippen molar-refractivity contribution >= 4 is 21.7 Å². The molecule has 3 heterocycles. The average Bonchev–Trinajstić information content (AvgIpc) is 2.87. The highest BCUT2D eigenvalue weighted by Crippen LogP contribution is 2.37. The van der Waals surface area contributed by atoms with Crippen molar-refractivity contribution in [1.82, 2.24) is 15.3 Å². The molecule has 0 saturated carbocycles. The molecule has 2 unspecified atom stereocenters. The first-order valence-corrected chi connectivity index (χ1v) is 12.3. The van der Waals surface area contributed by atoms with E-state index in [1.807, 2.05) is 48.6 Å². The second-order valence-corrected chi connectivity index (χ2v) is 9.45. The van der Waals surface area contributed by atoms with Gasteiger partial charge < -0.3 is 5.32 Å². The van der Waals surface area contributed by atoms with Crippen molar-refractivity contribution in [2.45, 2.75) is 17.4 Å². The van der Waals surface area contributed by atoms with Gasteiger partial charge in [0.15, 0.2) is 0 Å². The number of nitrogens with two attached hydrogens (primary N) is 1. The Kier molecular flexibility index (Phi) is 5.87. The summed E-state index contributed by atoms with van der Waals surface area (Å²) in [5.41, 5.74) is 3.10. The maximum Gasteiger partial charge on any atom is 0.238 e. The Labute approximate surface area is 197 Å². The maximum absolute atomic E-state index is 12.2. The van der Waals surface area contributed by atoms with Gasteiger partial charge in [-0.15, -0.1) is 0 Å². The number of nitrogens with one attached hydrogen (secondary N) is 1. The van der Waals surface area contributed by atoms with E-state index in [4.69, 9.17) is 15.1 Å². The second kappa shape index (κ2) is 9.12. The number of hydrogen-bond donors (Lipinski definition) is 2. The number of hydrogen-bond acceptors (Lipinski definition) is 6. The number of nitrogens with zero attached hydrogens (tertiary/aromatic N) is 4. The Bertz CT molecular complexity index is 1430. The third-order valence-corrected chi connectivity index (χ3v) is 6.68. The average molecular weight is 471 g/mol. The molecule has 0 bridgehead atoms. The van der Waals surface area contributed by atoms with Crippen molar-refractivity contribution in [3.05, 3.63) is 114 Å². The normalized spacial score (nSPS) is 20.8. The lowest BCUT2D eigenvalue weighted by atomic mass is 9.79. The minimum absolute atomic E-state index is 0.00749. The van der Waals surface area contributed by atoms with Crippen LogP contribution in [0.25, 0.3) is 0 Å². The molecule has 0 spiro atoms. The number of sulfonamides is 1. The molecule has 5 rings (SSSR count). The van der Waals surface area contributed by atoms with Gasteiger partial charge in [-0.2, -0.15) is 0 Å². The number of rotatable bonds is 5. The summed E-state index contributed by atoms with van der Waals surface area (Å²) in [6.07, 6.45) is 10.6. The Morgan fingerprint density at radius 1 is 1.03 bits per heavy atom. The minimum atomic E-state index is -3.98. The monoisotopic (exact) mass is 470 g/mol. The van der Waals surface area contributed by atoms with Crippen molar-refractivity contribution in [2.75, 3.05) is 0 Å². The van der Waals surface area contributed by atoms with Crippen LogP contribution in [0.3, 0.4) is 0 Å². The Morgan fingerprint density at radius 3 is 2.62 bits per heavy atom. The van der Waals surface area contributed by atoms with Crippen molar-refractivity contribution in [2.24, 2.45) is 21.0 Å². The third-order valence-electron chi connectivity index (χ3n) is 5.71. The quantitative estimate of drug-likeness (QED) is 0.594. The van der Waals surface area contributed by atoms with Crippen LogP contribution < -0.4 is 10.5 Å². The minimum Gasteiger partial charge on any atom is -0.342 e. The molecule has 2 aliphatic rings. The van der Waals surface area contributed by atoms with E-state index < -0.39 is 10.0 Å². The van der Waals surface area contributed by atoms with Crippen LogP contribution in [0.2, 0.25) is 0 Å². The molecule has 9 heteroatoms. The van der Waals surface area contributed by atoms with E-state index >= 15 is 0 Å². The molecule has 0 fully saturated rings. The molecular formula is C25H22N6O2S. The Balaban J connectivity index is 1.63. The summed E-state index contributed by atoms with van der Waals surface area (Å²) in [4.78, 5) is 18.0. The highest BCUT2D eigenvalue weighted by atomic mass is 32.2. The lowest BCUT2D eigenvalue weighted by molar-refractivity contribution is 0.597. The summed E-state index contributed by atoms with van der Waals surface area (Å²) < 4.78 is 24.4. The fraction of sp³-hybridized carbons (Fsp3) is 0.120. The van der Waals surface area contributed by atoms with Crippen molar-refractivity contribution in [1.29, 1.82) is 0 Å². The number of pyridine rings is 2. The SMILES string of the molecule is NS(=O)(=O)c1ccncc1C1=NC(=NCc2ccccn2)C2C(=CC=CC2c2ccccc2)N1. The number of aliphatic imine (C=N–C) groups is 2. The molecule has 1 aliphatic heterocycles. The van der Waals surface area contributed by atoms with Crippen LogP contribution in [0.15, 0.2) is 112 Å². The molecule has 8 nitrogen and oxygen atoms in total. The van der Waals surface area contributed by atoms with Gasteiger partial charge in [0.25, 0.3) is 0 Å².